The average molecular weight is 260 g/mol. The lowest BCUT2D eigenvalue weighted by Crippen LogP contribution is -2.24. The second kappa shape index (κ2) is 5.94. The fourth-order valence-corrected chi connectivity index (χ4v) is 2.25. The van der Waals surface area contributed by atoms with E-state index in [1.54, 1.807) is 0 Å². The molecule has 0 aliphatic carbocycles. The molecule has 0 saturated heterocycles. The van der Waals surface area contributed by atoms with Crippen molar-refractivity contribution in [2.24, 2.45) is 5.92 Å². The third-order valence-corrected chi connectivity index (χ3v) is 3.48. The van der Waals surface area contributed by atoms with E-state index in [2.05, 4.69) is 17.9 Å². The molecule has 1 unspecified atom stereocenters. The third-order valence-electron chi connectivity index (χ3n) is 3.48. The maximum atomic E-state index is 9.01. The van der Waals surface area contributed by atoms with Crippen molar-refractivity contribution in [3.63, 3.8) is 0 Å². The molecule has 4 nitrogen and oxygen atoms in total. The van der Waals surface area contributed by atoms with E-state index in [1.165, 1.54) is 11.1 Å². The van der Waals surface area contributed by atoms with E-state index >= 15 is 0 Å². The van der Waals surface area contributed by atoms with Crippen LogP contribution in [0.15, 0.2) is 12.1 Å². The van der Waals surface area contributed by atoms with E-state index in [-0.39, 0.29) is 5.92 Å². The number of hydrogen-bond donors (Lipinski definition) is 0. The Hall–Kier alpha value is -1.73. The monoisotopic (exact) mass is 260 g/mol. The molecular formula is C15H20N2O2. The molecule has 102 valence electrons. The summed E-state index contributed by atoms with van der Waals surface area (Å²) in [6, 6.07) is 6.40. The Morgan fingerprint density at radius 2 is 2.05 bits per heavy atom. The van der Waals surface area contributed by atoms with E-state index in [4.69, 9.17) is 14.7 Å². The normalized spacial score (nSPS) is 14.5. The minimum atomic E-state index is 0.0966. The van der Waals surface area contributed by atoms with Gasteiger partial charge in [0, 0.05) is 13.1 Å². The summed E-state index contributed by atoms with van der Waals surface area (Å²) < 4.78 is 10.8. The number of hydrogen-bond acceptors (Lipinski definition) is 4. The Bertz CT molecular complexity index is 494. The largest absolute Gasteiger partial charge is 0.454 e. The predicted molar refractivity (Wildman–Crippen MR) is 73.0 cm³/mol. The highest BCUT2D eigenvalue weighted by Crippen LogP contribution is 2.34. The van der Waals surface area contributed by atoms with Crippen LogP contribution in [0.1, 0.15) is 24.5 Å². The number of ether oxygens (including phenoxy) is 2. The number of nitriles is 1. The first-order chi connectivity index (χ1) is 9.13. The van der Waals surface area contributed by atoms with Crippen molar-refractivity contribution < 1.29 is 9.47 Å². The minimum Gasteiger partial charge on any atom is -0.454 e. The number of benzene rings is 1. The molecule has 1 aromatic carbocycles. The summed E-state index contributed by atoms with van der Waals surface area (Å²) in [5, 5.41) is 9.01. The maximum Gasteiger partial charge on any atom is 0.231 e. The third kappa shape index (κ3) is 3.18. The molecule has 1 atom stereocenters. The topological polar surface area (TPSA) is 45.5 Å². The molecule has 0 amide bonds. The Labute approximate surface area is 114 Å². The zero-order chi connectivity index (χ0) is 13.8. The lowest BCUT2D eigenvalue weighted by molar-refractivity contribution is 0.174. The van der Waals surface area contributed by atoms with E-state index in [0.29, 0.717) is 6.79 Å². The molecule has 1 aliphatic heterocycles. The van der Waals surface area contributed by atoms with Gasteiger partial charge in [-0.25, -0.2) is 0 Å². The molecular weight excluding hydrogens is 240 g/mol. The van der Waals surface area contributed by atoms with Crippen LogP contribution in [0.3, 0.4) is 0 Å². The van der Waals surface area contributed by atoms with Crippen molar-refractivity contribution in [1.29, 1.82) is 5.26 Å². The fraction of sp³-hybridized carbons (Fsp3) is 0.533. The van der Waals surface area contributed by atoms with Crippen LogP contribution in [-0.2, 0) is 6.54 Å². The summed E-state index contributed by atoms with van der Waals surface area (Å²) in [6.07, 6.45) is 0.890. The highest BCUT2D eigenvalue weighted by atomic mass is 16.7. The van der Waals surface area contributed by atoms with Crippen LogP contribution < -0.4 is 9.47 Å². The number of fused-ring (bicyclic) bond motifs is 1. The van der Waals surface area contributed by atoms with Gasteiger partial charge in [-0.3, -0.25) is 0 Å². The number of rotatable bonds is 5. The molecule has 0 fully saturated rings. The van der Waals surface area contributed by atoms with Gasteiger partial charge in [-0.1, -0.05) is 6.92 Å². The van der Waals surface area contributed by atoms with Crippen LogP contribution in [-0.4, -0.2) is 25.3 Å². The van der Waals surface area contributed by atoms with Crippen LogP contribution in [0.4, 0.5) is 0 Å². The Kier molecular flexibility index (Phi) is 4.28. The molecule has 0 spiro atoms. The first-order valence-corrected chi connectivity index (χ1v) is 6.61. The molecule has 1 aliphatic rings. The second-order valence-corrected chi connectivity index (χ2v) is 5.06. The van der Waals surface area contributed by atoms with Gasteiger partial charge in [0.2, 0.25) is 6.79 Å². The van der Waals surface area contributed by atoms with E-state index in [9.17, 15) is 0 Å². The Balaban J connectivity index is 2.05. The Morgan fingerprint density at radius 3 is 2.68 bits per heavy atom. The van der Waals surface area contributed by atoms with Gasteiger partial charge in [0.15, 0.2) is 11.5 Å². The van der Waals surface area contributed by atoms with Crippen LogP contribution in [0.2, 0.25) is 0 Å². The zero-order valence-corrected chi connectivity index (χ0v) is 11.8. The Morgan fingerprint density at radius 1 is 1.37 bits per heavy atom. The summed E-state index contributed by atoms with van der Waals surface area (Å²) in [7, 11) is 2.05. The molecule has 0 radical (unpaired) electrons. The summed E-state index contributed by atoms with van der Waals surface area (Å²) in [5.41, 5.74) is 2.42. The first kappa shape index (κ1) is 13.7. The molecule has 0 N–H and O–H groups in total. The molecule has 1 heterocycles. The maximum absolute atomic E-state index is 9.01. The van der Waals surface area contributed by atoms with Gasteiger partial charge < -0.3 is 14.4 Å². The zero-order valence-electron chi connectivity index (χ0n) is 11.8. The summed E-state index contributed by atoms with van der Waals surface area (Å²) in [6.45, 7) is 6.04. The van der Waals surface area contributed by atoms with Gasteiger partial charge >= 0.3 is 0 Å². The van der Waals surface area contributed by atoms with Crippen molar-refractivity contribution >= 4 is 0 Å². The van der Waals surface area contributed by atoms with Crippen molar-refractivity contribution in [2.45, 2.75) is 26.8 Å². The van der Waals surface area contributed by atoms with Gasteiger partial charge in [0.05, 0.1) is 12.0 Å². The predicted octanol–water partition coefficient (Wildman–Crippen LogP) is 2.71. The molecule has 1 aromatic rings. The molecule has 0 saturated carbocycles. The van der Waals surface area contributed by atoms with Crippen LogP contribution >= 0.6 is 0 Å². The lowest BCUT2D eigenvalue weighted by Gasteiger charge is -2.20. The van der Waals surface area contributed by atoms with Crippen LogP contribution in [0.25, 0.3) is 0 Å². The first-order valence-electron chi connectivity index (χ1n) is 6.61. The highest BCUT2D eigenvalue weighted by Gasteiger charge is 2.17. The SMILES string of the molecule is CCC(C#N)CN(C)Cc1cc2c(cc1C)OCO2. The van der Waals surface area contributed by atoms with Crippen molar-refractivity contribution in [1.82, 2.24) is 4.90 Å². The number of nitrogens with zero attached hydrogens (tertiary/aromatic N) is 2. The quantitative estimate of drug-likeness (QED) is 0.816. The standard InChI is InChI=1S/C15H20N2O2/c1-4-12(7-16)8-17(3)9-13-6-15-14(5-11(13)2)18-10-19-15/h5-6,12H,4,8-10H2,1-3H3. The van der Waals surface area contributed by atoms with Crippen LogP contribution in [0.5, 0.6) is 11.5 Å². The summed E-state index contributed by atoms with van der Waals surface area (Å²) >= 11 is 0. The summed E-state index contributed by atoms with van der Waals surface area (Å²) in [4.78, 5) is 2.18. The van der Waals surface area contributed by atoms with E-state index in [1.807, 2.05) is 26.1 Å². The van der Waals surface area contributed by atoms with Gasteiger partial charge in [0.25, 0.3) is 0 Å². The van der Waals surface area contributed by atoms with Crippen LogP contribution in [0, 0.1) is 24.2 Å². The van der Waals surface area contributed by atoms with Crippen molar-refractivity contribution in [3.8, 4) is 17.6 Å². The van der Waals surface area contributed by atoms with Gasteiger partial charge in [0.1, 0.15) is 0 Å². The van der Waals surface area contributed by atoms with Crippen molar-refractivity contribution in [2.75, 3.05) is 20.4 Å². The highest BCUT2D eigenvalue weighted by molar-refractivity contribution is 5.48. The number of aryl methyl sites for hydroxylation is 1. The summed E-state index contributed by atoms with van der Waals surface area (Å²) in [5.74, 6) is 1.74. The molecule has 0 aromatic heterocycles. The molecule has 19 heavy (non-hydrogen) atoms. The van der Waals surface area contributed by atoms with E-state index < -0.39 is 0 Å². The van der Waals surface area contributed by atoms with E-state index in [0.717, 1.165) is 31.0 Å². The smallest absolute Gasteiger partial charge is 0.231 e. The van der Waals surface area contributed by atoms with Gasteiger partial charge in [-0.05, 0) is 43.7 Å². The average Bonchev–Trinajstić information content (AvgIpc) is 2.83. The lowest BCUT2D eigenvalue weighted by atomic mass is 10.1. The van der Waals surface area contributed by atoms with Gasteiger partial charge in [-0.2, -0.15) is 5.26 Å². The minimum absolute atomic E-state index is 0.0966. The second-order valence-electron chi connectivity index (χ2n) is 5.06. The van der Waals surface area contributed by atoms with Gasteiger partial charge in [-0.15, -0.1) is 0 Å². The van der Waals surface area contributed by atoms with Crippen molar-refractivity contribution in [3.05, 3.63) is 23.3 Å². The molecule has 4 heteroatoms. The molecule has 0 bridgehead atoms. The fourth-order valence-electron chi connectivity index (χ4n) is 2.25. The molecule has 2 rings (SSSR count).